The molecular weight excluding hydrogens is 202 g/mol. The molecule has 0 aromatic carbocycles. The molecule has 2 rings (SSSR count). The molecule has 1 heterocycles. The molecule has 1 saturated heterocycles. The van der Waals surface area contributed by atoms with Crippen molar-refractivity contribution in [1.29, 1.82) is 0 Å². The van der Waals surface area contributed by atoms with Crippen LogP contribution in [0.2, 0.25) is 0 Å². The Morgan fingerprint density at radius 3 is 2.71 bits per heavy atom. The first-order chi connectivity index (χ1) is 6.63. The molecule has 0 radical (unpaired) electrons. The molecule has 4 heteroatoms. The molecule has 1 aliphatic carbocycles. The third-order valence-electron chi connectivity index (χ3n) is 3.28. The Hall–Kier alpha value is -0.280. The molecule has 1 N–H and O–H groups in total. The molecule has 1 aliphatic heterocycles. The zero-order chi connectivity index (χ0) is 10.2. The molecule has 1 atom stereocenters. The van der Waals surface area contributed by atoms with Gasteiger partial charge in [-0.2, -0.15) is 0 Å². The van der Waals surface area contributed by atoms with Gasteiger partial charge in [0.1, 0.15) is 0 Å². The molecule has 1 amide bonds. The number of alkyl halides is 1. The monoisotopic (exact) mass is 217 g/mol. The van der Waals surface area contributed by atoms with Gasteiger partial charge in [0.2, 0.25) is 5.91 Å². The third kappa shape index (κ3) is 1.89. The number of β-amino-alcohol motifs (C(OH)–C–C–N with tert-alkyl or cyclic N) is 1. The Bertz CT molecular complexity index is 240. The van der Waals surface area contributed by atoms with E-state index in [-0.39, 0.29) is 11.8 Å². The van der Waals surface area contributed by atoms with Crippen molar-refractivity contribution in [2.75, 3.05) is 19.0 Å². The highest BCUT2D eigenvalue weighted by Crippen LogP contribution is 2.33. The van der Waals surface area contributed by atoms with Crippen molar-refractivity contribution in [2.45, 2.75) is 31.3 Å². The van der Waals surface area contributed by atoms with E-state index in [0.717, 1.165) is 25.8 Å². The van der Waals surface area contributed by atoms with E-state index in [2.05, 4.69) is 0 Å². The number of hydrogen-bond acceptors (Lipinski definition) is 2. The minimum absolute atomic E-state index is 0.149. The van der Waals surface area contributed by atoms with Gasteiger partial charge in [-0.3, -0.25) is 4.79 Å². The molecule has 2 fully saturated rings. The standard InChI is InChI=1S/C10H16ClNO2/c11-5-8-4-9(13)12(6-8)7-10(14)2-1-3-10/h8,14H,1-7H2. The molecule has 1 saturated carbocycles. The summed E-state index contributed by atoms with van der Waals surface area (Å²) in [7, 11) is 0. The van der Waals surface area contributed by atoms with Crippen LogP contribution in [0.1, 0.15) is 25.7 Å². The summed E-state index contributed by atoms with van der Waals surface area (Å²) >= 11 is 5.72. The average molecular weight is 218 g/mol. The first-order valence-corrected chi connectivity index (χ1v) is 5.72. The van der Waals surface area contributed by atoms with Crippen LogP contribution in [0.4, 0.5) is 0 Å². The van der Waals surface area contributed by atoms with E-state index in [1.807, 2.05) is 0 Å². The van der Waals surface area contributed by atoms with E-state index in [0.29, 0.717) is 18.8 Å². The number of likely N-dealkylation sites (tertiary alicyclic amines) is 1. The van der Waals surface area contributed by atoms with Gasteiger partial charge in [-0.25, -0.2) is 0 Å². The summed E-state index contributed by atoms with van der Waals surface area (Å²) < 4.78 is 0. The zero-order valence-electron chi connectivity index (χ0n) is 8.21. The van der Waals surface area contributed by atoms with Gasteiger partial charge < -0.3 is 10.0 Å². The molecule has 0 bridgehead atoms. The Labute approximate surface area is 89.0 Å². The number of aliphatic hydroxyl groups is 1. The van der Waals surface area contributed by atoms with Gasteiger partial charge in [-0.1, -0.05) is 0 Å². The fourth-order valence-electron chi connectivity index (χ4n) is 2.21. The highest BCUT2D eigenvalue weighted by Gasteiger charge is 2.40. The van der Waals surface area contributed by atoms with Crippen LogP contribution in [0.15, 0.2) is 0 Å². The fraction of sp³-hybridized carbons (Fsp3) is 0.900. The predicted octanol–water partition coefficient (Wildman–Crippen LogP) is 0.989. The largest absolute Gasteiger partial charge is 0.388 e. The zero-order valence-corrected chi connectivity index (χ0v) is 8.96. The summed E-state index contributed by atoms with van der Waals surface area (Å²) in [6, 6.07) is 0. The summed E-state index contributed by atoms with van der Waals surface area (Å²) in [5.74, 6) is 0.976. The van der Waals surface area contributed by atoms with Gasteiger partial charge in [0.15, 0.2) is 0 Å². The maximum atomic E-state index is 11.5. The van der Waals surface area contributed by atoms with Crippen molar-refractivity contribution in [3.63, 3.8) is 0 Å². The number of amides is 1. The Kier molecular flexibility index (Phi) is 2.71. The van der Waals surface area contributed by atoms with Crippen LogP contribution in [0, 0.1) is 5.92 Å². The Morgan fingerprint density at radius 2 is 2.29 bits per heavy atom. The lowest BCUT2D eigenvalue weighted by Gasteiger charge is -2.39. The van der Waals surface area contributed by atoms with Crippen molar-refractivity contribution < 1.29 is 9.90 Å². The summed E-state index contributed by atoms with van der Waals surface area (Å²) in [6.45, 7) is 1.24. The molecule has 1 unspecified atom stereocenters. The van der Waals surface area contributed by atoms with Crippen LogP contribution in [0.25, 0.3) is 0 Å². The predicted molar refractivity (Wildman–Crippen MR) is 54.2 cm³/mol. The van der Waals surface area contributed by atoms with Crippen LogP contribution in [0.3, 0.4) is 0 Å². The Balaban J connectivity index is 1.89. The lowest BCUT2D eigenvalue weighted by molar-refractivity contribution is -0.133. The third-order valence-corrected chi connectivity index (χ3v) is 3.72. The molecular formula is C10H16ClNO2. The number of rotatable bonds is 3. The lowest BCUT2D eigenvalue weighted by atomic mass is 9.80. The van der Waals surface area contributed by atoms with Gasteiger partial charge in [-0.05, 0) is 25.2 Å². The van der Waals surface area contributed by atoms with E-state index in [9.17, 15) is 9.90 Å². The van der Waals surface area contributed by atoms with Gasteiger partial charge >= 0.3 is 0 Å². The van der Waals surface area contributed by atoms with Gasteiger partial charge in [0, 0.05) is 25.4 Å². The second-order valence-electron chi connectivity index (χ2n) is 4.58. The number of hydrogen-bond donors (Lipinski definition) is 1. The van der Waals surface area contributed by atoms with E-state index in [4.69, 9.17) is 11.6 Å². The van der Waals surface area contributed by atoms with Crippen molar-refractivity contribution in [3.8, 4) is 0 Å². The average Bonchev–Trinajstić information content (AvgIpc) is 2.45. The molecule has 0 aromatic rings. The summed E-state index contributed by atoms with van der Waals surface area (Å²) in [4.78, 5) is 13.3. The first kappa shape index (κ1) is 10.2. The molecule has 0 spiro atoms. The topological polar surface area (TPSA) is 40.5 Å². The van der Waals surface area contributed by atoms with Gasteiger partial charge in [-0.15, -0.1) is 11.6 Å². The van der Waals surface area contributed by atoms with E-state index >= 15 is 0 Å². The minimum atomic E-state index is -0.586. The molecule has 2 aliphatic rings. The Morgan fingerprint density at radius 1 is 1.57 bits per heavy atom. The van der Waals surface area contributed by atoms with Crippen molar-refractivity contribution >= 4 is 17.5 Å². The maximum absolute atomic E-state index is 11.5. The first-order valence-electron chi connectivity index (χ1n) is 5.19. The van der Waals surface area contributed by atoms with Crippen LogP contribution >= 0.6 is 11.6 Å². The second kappa shape index (κ2) is 3.70. The smallest absolute Gasteiger partial charge is 0.223 e. The lowest BCUT2D eigenvalue weighted by Crippen LogP contribution is -2.48. The maximum Gasteiger partial charge on any atom is 0.223 e. The number of carbonyl (C=O) groups excluding carboxylic acids is 1. The number of nitrogens with zero attached hydrogens (tertiary/aromatic N) is 1. The quantitative estimate of drug-likeness (QED) is 0.717. The number of halogens is 1. The fourth-order valence-corrected chi connectivity index (χ4v) is 2.42. The van der Waals surface area contributed by atoms with Crippen LogP contribution in [-0.2, 0) is 4.79 Å². The van der Waals surface area contributed by atoms with Crippen molar-refractivity contribution in [2.24, 2.45) is 5.92 Å². The van der Waals surface area contributed by atoms with Gasteiger partial charge in [0.25, 0.3) is 0 Å². The van der Waals surface area contributed by atoms with Crippen molar-refractivity contribution in [3.05, 3.63) is 0 Å². The minimum Gasteiger partial charge on any atom is -0.388 e. The van der Waals surface area contributed by atoms with E-state index in [1.54, 1.807) is 4.90 Å². The van der Waals surface area contributed by atoms with Crippen molar-refractivity contribution in [1.82, 2.24) is 4.90 Å². The molecule has 80 valence electrons. The van der Waals surface area contributed by atoms with Crippen LogP contribution < -0.4 is 0 Å². The highest BCUT2D eigenvalue weighted by atomic mass is 35.5. The SMILES string of the molecule is O=C1CC(CCl)CN1CC1(O)CCC1. The summed E-state index contributed by atoms with van der Waals surface area (Å²) in [6.07, 6.45) is 3.31. The summed E-state index contributed by atoms with van der Waals surface area (Å²) in [5.41, 5.74) is -0.586. The molecule has 3 nitrogen and oxygen atoms in total. The van der Waals surface area contributed by atoms with Crippen LogP contribution in [0.5, 0.6) is 0 Å². The van der Waals surface area contributed by atoms with Crippen LogP contribution in [-0.4, -0.2) is 40.5 Å². The van der Waals surface area contributed by atoms with Gasteiger partial charge in [0.05, 0.1) is 5.60 Å². The molecule has 0 aromatic heterocycles. The second-order valence-corrected chi connectivity index (χ2v) is 4.89. The molecule has 14 heavy (non-hydrogen) atoms. The van der Waals surface area contributed by atoms with E-state index in [1.165, 1.54) is 0 Å². The normalized spacial score (nSPS) is 30.6. The van der Waals surface area contributed by atoms with E-state index < -0.39 is 5.60 Å². The highest BCUT2D eigenvalue weighted by molar-refractivity contribution is 6.18. The number of carbonyl (C=O) groups is 1. The summed E-state index contributed by atoms with van der Waals surface area (Å²) in [5, 5.41) is 9.92.